The minimum absolute atomic E-state index is 0.0564. The highest BCUT2D eigenvalue weighted by atomic mass is 16.6. The van der Waals surface area contributed by atoms with Gasteiger partial charge in [-0.25, -0.2) is 4.79 Å². The van der Waals surface area contributed by atoms with Gasteiger partial charge in [0.15, 0.2) is 5.72 Å². The Bertz CT molecular complexity index is 612. The average Bonchev–Trinajstić information content (AvgIpc) is 2.65. The molecule has 1 fully saturated rings. The van der Waals surface area contributed by atoms with Crippen LogP contribution in [0.3, 0.4) is 0 Å². The zero-order valence-electron chi connectivity index (χ0n) is 10.6. The molecular weight excluding hydrogens is 268 g/mol. The van der Waals surface area contributed by atoms with Gasteiger partial charge in [-0.3, -0.25) is 4.57 Å². The van der Waals surface area contributed by atoms with E-state index in [9.17, 15) is 15.0 Å². The fraction of sp³-hybridized carbons (Fsp3) is 0.600. The number of aliphatic hydroxyl groups is 2. The first-order valence-corrected chi connectivity index (χ1v) is 5.83. The van der Waals surface area contributed by atoms with Gasteiger partial charge in [0.2, 0.25) is 0 Å². The summed E-state index contributed by atoms with van der Waals surface area (Å²) in [6, 6.07) is 1.40. The molecule has 1 aromatic rings. The number of hydrogen-bond donors (Lipinski definition) is 3. The molecule has 1 aliphatic heterocycles. The van der Waals surface area contributed by atoms with Crippen molar-refractivity contribution in [2.75, 3.05) is 12.3 Å². The highest BCUT2D eigenvalue weighted by Gasteiger charge is 2.53. The van der Waals surface area contributed by atoms with E-state index in [2.05, 4.69) is 15.0 Å². The Balaban J connectivity index is 2.45. The molecule has 0 amide bonds. The fourth-order valence-electron chi connectivity index (χ4n) is 2.20. The fourth-order valence-corrected chi connectivity index (χ4v) is 2.20. The van der Waals surface area contributed by atoms with Gasteiger partial charge in [0, 0.05) is 17.0 Å². The summed E-state index contributed by atoms with van der Waals surface area (Å²) in [6.07, 6.45) is -0.830. The second-order valence-electron chi connectivity index (χ2n) is 4.55. The third-order valence-electron chi connectivity index (χ3n) is 3.30. The van der Waals surface area contributed by atoms with Crippen molar-refractivity contribution in [1.29, 1.82) is 0 Å². The summed E-state index contributed by atoms with van der Waals surface area (Å²) in [7, 11) is 0. The number of nitrogens with two attached hydrogens (primary N) is 1. The van der Waals surface area contributed by atoms with Gasteiger partial charge in [0.1, 0.15) is 12.0 Å². The number of nitrogen functional groups attached to an aromatic ring is 1. The molecule has 1 saturated heterocycles. The standard InChI is InChI=1S/C10H14N6O4/c1-5-7(18)10(4-17,14-15-12)20-8(5)16-3-2-6(11)13-9(16)19/h2-3,5,7-8,17-18H,4H2,1H3,(H2,11,13,19)/t5-,7+,8-,10?/m1/s1. The summed E-state index contributed by atoms with van der Waals surface area (Å²) in [5.74, 6) is -0.545. The molecule has 2 heterocycles. The Kier molecular flexibility index (Phi) is 3.64. The van der Waals surface area contributed by atoms with Crippen LogP contribution in [-0.4, -0.2) is 38.2 Å². The Morgan fingerprint density at radius 3 is 3.00 bits per heavy atom. The van der Waals surface area contributed by atoms with Gasteiger partial charge in [-0.1, -0.05) is 12.0 Å². The molecular formula is C10H14N6O4. The number of ether oxygens (including phenoxy) is 1. The van der Waals surface area contributed by atoms with Gasteiger partial charge in [0.05, 0.1) is 12.7 Å². The molecule has 0 bridgehead atoms. The minimum Gasteiger partial charge on any atom is -0.393 e. The van der Waals surface area contributed by atoms with Crippen molar-refractivity contribution in [3.05, 3.63) is 33.2 Å². The van der Waals surface area contributed by atoms with Crippen LogP contribution in [0.1, 0.15) is 13.2 Å². The number of nitrogens with zero attached hydrogens (tertiary/aromatic N) is 5. The van der Waals surface area contributed by atoms with Crippen molar-refractivity contribution in [2.45, 2.75) is 25.0 Å². The first-order chi connectivity index (χ1) is 9.45. The molecule has 108 valence electrons. The highest BCUT2D eigenvalue weighted by Crippen LogP contribution is 2.41. The number of aliphatic hydroxyl groups excluding tert-OH is 2. The smallest absolute Gasteiger partial charge is 0.351 e. The largest absolute Gasteiger partial charge is 0.393 e. The maximum absolute atomic E-state index is 11.8. The predicted molar refractivity (Wildman–Crippen MR) is 67.2 cm³/mol. The van der Waals surface area contributed by atoms with Crippen molar-refractivity contribution in [1.82, 2.24) is 9.55 Å². The van der Waals surface area contributed by atoms with Crippen molar-refractivity contribution in [3.8, 4) is 0 Å². The molecule has 20 heavy (non-hydrogen) atoms. The van der Waals surface area contributed by atoms with Crippen LogP contribution in [0, 0.1) is 5.92 Å². The van der Waals surface area contributed by atoms with E-state index in [0.717, 1.165) is 4.57 Å². The van der Waals surface area contributed by atoms with E-state index < -0.39 is 36.3 Å². The van der Waals surface area contributed by atoms with Gasteiger partial charge in [-0.15, -0.1) is 0 Å². The van der Waals surface area contributed by atoms with Crippen LogP contribution in [0.15, 0.2) is 22.2 Å². The minimum atomic E-state index is -1.82. The van der Waals surface area contributed by atoms with E-state index in [-0.39, 0.29) is 5.82 Å². The zero-order valence-corrected chi connectivity index (χ0v) is 10.6. The van der Waals surface area contributed by atoms with Crippen LogP contribution in [0.25, 0.3) is 10.4 Å². The molecule has 0 spiro atoms. The van der Waals surface area contributed by atoms with E-state index >= 15 is 0 Å². The van der Waals surface area contributed by atoms with Crippen molar-refractivity contribution in [3.63, 3.8) is 0 Å². The summed E-state index contributed by atoms with van der Waals surface area (Å²) in [6.45, 7) is 0.888. The lowest BCUT2D eigenvalue weighted by Crippen LogP contribution is -2.42. The van der Waals surface area contributed by atoms with E-state index in [1.807, 2.05) is 0 Å². The van der Waals surface area contributed by atoms with Crippen LogP contribution in [0.5, 0.6) is 0 Å². The molecule has 10 heteroatoms. The quantitative estimate of drug-likeness (QED) is 0.379. The van der Waals surface area contributed by atoms with Crippen molar-refractivity contribution in [2.24, 2.45) is 11.0 Å². The van der Waals surface area contributed by atoms with Gasteiger partial charge < -0.3 is 20.7 Å². The summed E-state index contributed by atoms with van der Waals surface area (Å²) in [5, 5.41) is 22.8. The van der Waals surface area contributed by atoms with Crippen LogP contribution in [-0.2, 0) is 4.74 Å². The molecule has 1 aliphatic rings. The average molecular weight is 282 g/mol. The number of azide groups is 1. The van der Waals surface area contributed by atoms with E-state index in [1.54, 1.807) is 6.92 Å². The lowest BCUT2D eigenvalue weighted by atomic mass is 9.98. The van der Waals surface area contributed by atoms with Gasteiger partial charge in [-0.2, -0.15) is 4.98 Å². The SMILES string of the molecule is C[C@H]1[C@H](n2ccc(N)nc2=O)OC(CO)(N=[N+]=[N-])[C@H]1O. The van der Waals surface area contributed by atoms with Crippen LogP contribution >= 0.6 is 0 Å². The lowest BCUT2D eigenvalue weighted by Gasteiger charge is -2.24. The molecule has 1 aromatic heterocycles. The zero-order chi connectivity index (χ0) is 14.9. The molecule has 4 atom stereocenters. The normalized spacial score (nSPS) is 32.9. The Morgan fingerprint density at radius 2 is 2.45 bits per heavy atom. The van der Waals surface area contributed by atoms with Crippen molar-refractivity contribution >= 4 is 5.82 Å². The predicted octanol–water partition coefficient (Wildman–Crippen LogP) is -0.650. The number of aromatic nitrogens is 2. The monoisotopic (exact) mass is 282 g/mol. The second kappa shape index (κ2) is 5.10. The molecule has 2 rings (SSSR count). The Morgan fingerprint density at radius 1 is 1.75 bits per heavy atom. The van der Waals surface area contributed by atoms with E-state index in [0.29, 0.717) is 0 Å². The summed E-state index contributed by atoms with van der Waals surface area (Å²) in [5.41, 5.74) is 11.4. The third kappa shape index (κ3) is 2.10. The molecule has 0 radical (unpaired) electrons. The first-order valence-electron chi connectivity index (χ1n) is 5.83. The molecule has 10 nitrogen and oxygen atoms in total. The Hall–Kier alpha value is -2.13. The Labute approximate surface area is 113 Å². The maximum Gasteiger partial charge on any atom is 0.351 e. The summed E-state index contributed by atoms with van der Waals surface area (Å²) >= 11 is 0. The second-order valence-corrected chi connectivity index (χ2v) is 4.55. The summed E-state index contributed by atoms with van der Waals surface area (Å²) < 4.78 is 6.55. The van der Waals surface area contributed by atoms with Gasteiger partial charge in [0.25, 0.3) is 0 Å². The van der Waals surface area contributed by atoms with E-state index in [4.69, 9.17) is 16.0 Å². The molecule has 0 aromatic carbocycles. The van der Waals surface area contributed by atoms with Gasteiger partial charge >= 0.3 is 5.69 Å². The summed E-state index contributed by atoms with van der Waals surface area (Å²) in [4.78, 5) is 17.9. The highest BCUT2D eigenvalue weighted by molar-refractivity contribution is 5.23. The molecule has 4 N–H and O–H groups in total. The van der Waals surface area contributed by atoms with Crippen LogP contribution < -0.4 is 11.4 Å². The number of anilines is 1. The molecule has 0 saturated carbocycles. The van der Waals surface area contributed by atoms with Crippen LogP contribution in [0.4, 0.5) is 5.82 Å². The number of hydrogen-bond acceptors (Lipinski definition) is 7. The van der Waals surface area contributed by atoms with Gasteiger partial charge in [-0.05, 0) is 11.6 Å². The molecule has 0 aliphatic carbocycles. The number of rotatable bonds is 3. The van der Waals surface area contributed by atoms with E-state index in [1.165, 1.54) is 12.3 Å². The molecule has 1 unspecified atom stereocenters. The van der Waals surface area contributed by atoms with Crippen LogP contribution in [0.2, 0.25) is 0 Å². The van der Waals surface area contributed by atoms with Crippen molar-refractivity contribution < 1.29 is 14.9 Å². The lowest BCUT2D eigenvalue weighted by molar-refractivity contribution is -0.124. The third-order valence-corrected chi connectivity index (χ3v) is 3.30. The maximum atomic E-state index is 11.8. The first kappa shape index (κ1) is 14.3. The topological polar surface area (TPSA) is 159 Å².